The van der Waals surface area contributed by atoms with Crippen molar-refractivity contribution in [1.29, 1.82) is 0 Å². The summed E-state index contributed by atoms with van der Waals surface area (Å²) >= 11 is 0. The highest BCUT2D eigenvalue weighted by molar-refractivity contribution is 5.78. The molecule has 2 rings (SSSR count). The van der Waals surface area contributed by atoms with E-state index < -0.39 is 11.5 Å². The van der Waals surface area contributed by atoms with Gasteiger partial charge in [-0.25, -0.2) is 0 Å². The molecule has 0 heterocycles. The molecule has 4 heteroatoms. The molecule has 0 saturated heterocycles. The molecule has 0 aromatic rings. The molecule has 2 fully saturated rings. The van der Waals surface area contributed by atoms with Crippen LogP contribution in [0.15, 0.2) is 0 Å². The Balaban J connectivity index is 1.81. The van der Waals surface area contributed by atoms with Crippen LogP contribution in [0.2, 0.25) is 0 Å². The van der Waals surface area contributed by atoms with Crippen molar-refractivity contribution in [2.45, 2.75) is 38.1 Å². The summed E-state index contributed by atoms with van der Waals surface area (Å²) < 4.78 is 0. The number of carboxylic acids is 1. The summed E-state index contributed by atoms with van der Waals surface area (Å²) in [6, 6.07) is 0. The van der Waals surface area contributed by atoms with E-state index in [1.54, 1.807) is 6.92 Å². The smallest absolute Gasteiger partial charge is 0.324 e. The quantitative estimate of drug-likeness (QED) is 0.756. The summed E-state index contributed by atoms with van der Waals surface area (Å²) in [6.45, 7) is 3.02. The Hall–Kier alpha value is -0.610. The van der Waals surface area contributed by atoms with Crippen molar-refractivity contribution >= 4 is 5.97 Å². The molecule has 0 radical (unpaired) electrons. The first-order valence-electron chi connectivity index (χ1n) is 6.59. The van der Waals surface area contributed by atoms with Gasteiger partial charge in [-0.3, -0.25) is 4.79 Å². The van der Waals surface area contributed by atoms with Gasteiger partial charge in [0.2, 0.25) is 0 Å². The van der Waals surface area contributed by atoms with Crippen LogP contribution in [0, 0.1) is 17.8 Å². The fourth-order valence-corrected chi connectivity index (χ4v) is 3.69. The van der Waals surface area contributed by atoms with E-state index in [1.807, 2.05) is 7.05 Å². The average molecular weight is 240 g/mol. The van der Waals surface area contributed by atoms with Crippen LogP contribution in [0.5, 0.6) is 0 Å². The number of nitrogens with two attached hydrogens (primary N) is 1. The van der Waals surface area contributed by atoms with Gasteiger partial charge in [0.15, 0.2) is 0 Å². The summed E-state index contributed by atoms with van der Waals surface area (Å²) in [4.78, 5) is 13.1. The van der Waals surface area contributed by atoms with E-state index in [9.17, 15) is 4.79 Å². The molecular weight excluding hydrogens is 216 g/mol. The average Bonchev–Trinajstić information content (AvgIpc) is 2.77. The first-order chi connectivity index (χ1) is 7.88. The molecule has 0 aromatic heterocycles. The summed E-state index contributed by atoms with van der Waals surface area (Å²) in [5.41, 5.74) is 4.64. The molecule has 0 spiro atoms. The van der Waals surface area contributed by atoms with Gasteiger partial charge in [0, 0.05) is 13.1 Å². The SMILES string of the molecule is CN(CC1CC2CCC1C2)CC(C)(N)C(=O)O. The minimum absolute atomic E-state index is 0.427. The van der Waals surface area contributed by atoms with Gasteiger partial charge >= 0.3 is 5.97 Å². The summed E-state index contributed by atoms with van der Waals surface area (Å²) in [5, 5.41) is 9.00. The van der Waals surface area contributed by atoms with Crippen molar-refractivity contribution in [1.82, 2.24) is 4.90 Å². The Bertz CT molecular complexity index is 304. The van der Waals surface area contributed by atoms with Crippen LogP contribution < -0.4 is 5.73 Å². The standard InChI is InChI=1S/C13H24N2O2/c1-13(14,12(16)17)8-15(2)7-11-6-9-3-4-10(11)5-9/h9-11H,3-8,14H2,1-2H3,(H,16,17). The molecule has 4 unspecified atom stereocenters. The third-order valence-corrected chi connectivity index (χ3v) is 4.52. The summed E-state index contributed by atoms with van der Waals surface area (Å²) in [5.74, 6) is 1.68. The Kier molecular flexibility index (Phi) is 3.46. The number of likely N-dealkylation sites (N-methyl/N-ethyl adjacent to an activating group) is 1. The second-order valence-electron chi connectivity index (χ2n) is 6.35. The highest BCUT2D eigenvalue weighted by atomic mass is 16.4. The lowest BCUT2D eigenvalue weighted by atomic mass is 9.88. The number of hydrogen-bond acceptors (Lipinski definition) is 3. The second kappa shape index (κ2) is 4.58. The van der Waals surface area contributed by atoms with Crippen LogP contribution in [-0.2, 0) is 4.79 Å². The van der Waals surface area contributed by atoms with Gasteiger partial charge in [0.1, 0.15) is 5.54 Å². The zero-order valence-corrected chi connectivity index (χ0v) is 10.9. The highest BCUT2D eigenvalue weighted by Gasteiger charge is 2.40. The molecule has 2 saturated carbocycles. The third kappa shape index (κ3) is 2.80. The van der Waals surface area contributed by atoms with Crippen molar-refractivity contribution in [3.63, 3.8) is 0 Å². The minimum Gasteiger partial charge on any atom is -0.480 e. The van der Waals surface area contributed by atoms with E-state index >= 15 is 0 Å². The molecule has 4 nitrogen and oxygen atoms in total. The number of carboxylic acid groups (broad SMARTS) is 1. The molecule has 17 heavy (non-hydrogen) atoms. The maximum atomic E-state index is 11.0. The number of fused-ring (bicyclic) bond motifs is 2. The van der Waals surface area contributed by atoms with Gasteiger partial charge in [0.05, 0.1) is 0 Å². The molecule has 2 aliphatic rings. The number of nitrogens with zero attached hydrogens (tertiary/aromatic N) is 1. The van der Waals surface area contributed by atoms with Crippen LogP contribution >= 0.6 is 0 Å². The first kappa shape index (κ1) is 12.8. The Morgan fingerprint density at radius 3 is 2.65 bits per heavy atom. The first-order valence-corrected chi connectivity index (χ1v) is 6.59. The fourth-order valence-electron chi connectivity index (χ4n) is 3.69. The van der Waals surface area contributed by atoms with Gasteiger partial charge < -0.3 is 15.7 Å². The fraction of sp³-hybridized carbons (Fsp3) is 0.923. The number of carbonyl (C=O) groups is 1. The summed E-state index contributed by atoms with van der Waals surface area (Å²) in [6.07, 6.45) is 5.53. The Morgan fingerprint density at radius 1 is 1.47 bits per heavy atom. The number of rotatable bonds is 5. The monoisotopic (exact) mass is 240 g/mol. The second-order valence-corrected chi connectivity index (χ2v) is 6.35. The van der Waals surface area contributed by atoms with Gasteiger partial charge in [0.25, 0.3) is 0 Å². The predicted molar refractivity (Wildman–Crippen MR) is 66.7 cm³/mol. The number of aliphatic carboxylic acids is 1. The number of hydrogen-bond donors (Lipinski definition) is 2. The lowest BCUT2D eigenvalue weighted by Gasteiger charge is -2.31. The van der Waals surface area contributed by atoms with Gasteiger partial charge in [-0.1, -0.05) is 6.42 Å². The van der Waals surface area contributed by atoms with Crippen molar-refractivity contribution in [3.8, 4) is 0 Å². The van der Waals surface area contributed by atoms with Crippen LogP contribution in [-0.4, -0.2) is 41.7 Å². The molecule has 3 N–H and O–H groups in total. The molecular formula is C13H24N2O2. The zero-order chi connectivity index (χ0) is 12.6. The van der Waals surface area contributed by atoms with Crippen molar-refractivity contribution in [2.75, 3.05) is 20.1 Å². The van der Waals surface area contributed by atoms with E-state index in [0.717, 1.165) is 24.3 Å². The Morgan fingerprint density at radius 2 is 2.18 bits per heavy atom. The molecule has 0 aromatic carbocycles. The van der Waals surface area contributed by atoms with Crippen LogP contribution in [0.3, 0.4) is 0 Å². The van der Waals surface area contributed by atoms with E-state index in [1.165, 1.54) is 25.7 Å². The predicted octanol–water partition coefficient (Wildman–Crippen LogP) is 1.16. The van der Waals surface area contributed by atoms with Crippen LogP contribution in [0.1, 0.15) is 32.6 Å². The van der Waals surface area contributed by atoms with E-state index in [0.29, 0.717) is 6.54 Å². The molecule has 2 bridgehead atoms. The molecule has 0 amide bonds. The topological polar surface area (TPSA) is 66.6 Å². The zero-order valence-electron chi connectivity index (χ0n) is 10.9. The van der Waals surface area contributed by atoms with E-state index in [-0.39, 0.29) is 0 Å². The van der Waals surface area contributed by atoms with E-state index in [4.69, 9.17) is 10.8 Å². The van der Waals surface area contributed by atoms with Gasteiger partial charge in [-0.2, -0.15) is 0 Å². The maximum Gasteiger partial charge on any atom is 0.324 e. The van der Waals surface area contributed by atoms with E-state index in [2.05, 4.69) is 4.90 Å². The minimum atomic E-state index is -1.13. The summed E-state index contributed by atoms with van der Waals surface area (Å²) in [7, 11) is 1.99. The lowest BCUT2D eigenvalue weighted by Crippen LogP contribution is -2.53. The third-order valence-electron chi connectivity index (χ3n) is 4.52. The van der Waals surface area contributed by atoms with Crippen molar-refractivity contribution in [2.24, 2.45) is 23.5 Å². The van der Waals surface area contributed by atoms with Crippen LogP contribution in [0.25, 0.3) is 0 Å². The largest absolute Gasteiger partial charge is 0.480 e. The van der Waals surface area contributed by atoms with Crippen molar-refractivity contribution in [3.05, 3.63) is 0 Å². The molecule has 2 aliphatic carbocycles. The molecule has 98 valence electrons. The maximum absolute atomic E-state index is 11.0. The Labute approximate surface area is 103 Å². The van der Waals surface area contributed by atoms with Gasteiger partial charge in [-0.05, 0) is 51.0 Å². The molecule has 4 atom stereocenters. The lowest BCUT2D eigenvalue weighted by molar-refractivity contribution is -0.143. The molecule has 0 aliphatic heterocycles. The normalized spacial score (nSPS) is 35.2. The van der Waals surface area contributed by atoms with Crippen molar-refractivity contribution < 1.29 is 9.90 Å². The highest BCUT2D eigenvalue weighted by Crippen LogP contribution is 2.48. The van der Waals surface area contributed by atoms with Crippen LogP contribution in [0.4, 0.5) is 0 Å². The van der Waals surface area contributed by atoms with Gasteiger partial charge in [-0.15, -0.1) is 0 Å².